The van der Waals surface area contributed by atoms with Crippen LogP contribution in [0.3, 0.4) is 0 Å². The third-order valence-electron chi connectivity index (χ3n) is 3.80. The minimum absolute atomic E-state index is 0.0755. The number of thiophene rings is 1. The van der Waals surface area contributed by atoms with Gasteiger partial charge in [-0.3, -0.25) is 4.79 Å². The second-order valence-corrected chi connectivity index (χ2v) is 6.64. The number of hydrogen-bond donors (Lipinski definition) is 2. The molecule has 5 heteroatoms. The molecule has 1 aliphatic rings. The Labute approximate surface area is 128 Å². The molecule has 0 aromatic carbocycles. The number of carbonyl (C=O) groups excluding carboxylic acids is 1. The van der Waals surface area contributed by atoms with Gasteiger partial charge in [-0.15, -0.1) is 11.3 Å². The lowest BCUT2D eigenvalue weighted by atomic mass is 10.1. The maximum atomic E-state index is 12.4. The van der Waals surface area contributed by atoms with Crippen molar-refractivity contribution in [3.8, 4) is 0 Å². The van der Waals surface area contributed by atoms with E-state index in [0.29, 0.717) is 11.5 Å². The first kappa shape index (κ1) is 14.1. The highest BCUT2D eigenvalue weighted by Gasteiger charge is 2.17. The first-order valence-corrected chi connectivity index (χ1v) is 8.10. The molecule has 2 aromatic rings. The van der Waals surface area contributed by atoms with Gasteiger partial charge < -0.3 is 11.1 Å². The summed E-state index contributed by atoms with van der Waals surface area (Å²) < 4.78 is 0. The van der Waals surface area contributed by atoms with Gasteiger partial charge in [-0.05, 0) is 55.9 Å². The summed E-state index contributed by atoms with van der Waals surface area (Å²) in [5, 5.41) is 2.88. The fraction of sp³-hybridized carbons (Fsp3) is 0.375. The molecular formula is C16H19N3OS. The number of fused-ring (bicyclic) bond motifs is 1. The maximum absolute atomic E-state index is 12.4. The van der Waals surface area contributed by atoms with Crippen LogP contribution in [-0.4, -0.2) is 10.9 Å². The molecule has 110 valence electrons. The number of anilines is 2. The van der Waals surface area contributed by atoms with Crippen LogP contribution in [0.1, 0.15) is 44.9 Å². The summed E-state index contributed by atoms with van der Waals surface area (Å²) in [6.07, 6.45) is 7.50. The summed E-state index contributed by atoms with van der Waals surface area (Å²) in [4.78, 5) is 18.7. The number of nitrogens with two attached hydrogens (primary N) is 1. The molecule has 21 heavy (non-hydrogen) atoms. The zero-order chi connectivity index (χ0) is 14.8. The molecular weight excluding hydrogens is 282 g/mol. The van der Waals surface area contributed by atoms with Crippen molar-refractivity contribution in [2.24, 2.45) is 0 Å². The number of hydrogen-bond acceptors (Lipinski definition) is 4. The zero-order valence-electron chi connectivity index (χ0n) is 12.1. The number of aromatic nitrogens is 1. The average Bonchev–Trinajstić information content (AvgIpc) is 2.73. The Kier molecular flexibility index (Phi) is 3.92. The molecule has 0 aliphatic heterocycles. The molecule has 0 bridgehead atoms. The van der Waals surface area contributed by atoms with Crippen molar-refractivity contribution in [3.63, 3.8) is 0 Å². The van der Waals surface area contributed by atoms with Gasteiger partial charge in [0, 0.05) is 4.88 Å². The first-order valence-electron chi connectivity index (χ1n) is 7.28. The number of pyridine rings is 1. The van der Waals surface area contributed by atoms with Crippen LogP contribution in [0.15, 0.2) is 18.3 Å². The van der Waals surface area contributed by atoms with Crippen LogP contribution >= 0.6 is 11.3 Å². The van der Waals surface area contributed by atoms with E-state index in [1.54, 1.807) is 17.5 Å². The van der Waals surface area contributed by atoms with Gasteiger partial charge in [0.15, 0.2) is 0 Å². The summed E-state index contributed by atoms with van der Waals surface area (Å²) >= 11 is 1.62. The summed E-state index contributed by atoms with van der Waals surface area (Å²) in [5.41, 5.74) is 8.51. The van der Waals surface area contributed by atoms with Gasteiger partial charge in [-0.25, -0.2) is 4.98 Å². The van der Waals surface area contributed by atoms with E-state index in [2.05, 4.69) is 10.3 Å². The summed E-state index contributed by atoms with van der Waals surface area (Å²) in [5.74, 6) is 0.506. The third kappa shape index (κ3) is 3.08. The molecule has 0 atom stereocenters. The van der Waals surface area contributed by atoms with Crippen molar-refractivity contribution in [1.29, 1.82) is 0 Å². The summed E-state index contributed by atoms with van der Waals surface area (Å²) in [6.45, 7) is 1.89. The van der Waals surface area contributed by atoms with E-state index >= 15 is 0 Å². The number of carbonyl (C=O) groups is 1. The van der Waals surface area contributed by atoms with Crippen molar-refractivity contribution >= 4 is 28.7 Å². The highest BCUT2D eigenvalue weighted by Crippen LogP contribution is 2.29. The van der Waals surface area contributed by atoms with Crippen LogP contribution in [0.5, 0.6) is 0 Å². The van der Waals surface area contributed by atoms with Crippen LogP contribution in [0, 0.1) is 6.92 Å². The Morgan fingerprint density at radius 1 is 1.29 bits per heavy atom. The topological polar surface area (TPSA) is 68.0 Å². The van der Waals surface area contributed by atoms with Crippen LogP contribution < -0.4 is 11.1 Å². The Bertz CT molecular complexity index is 655. The highest BCUT2D eigenvalue weighted by molar-refractivity contribution is 7.14. The van der Waals surface area contributed by atoms with Crippen molar-refractivity contribution in [3.05, 3.63) is 39.2 Å². The molecule has 0 spiro atoms. The van der Waals surface area contributed by atoms with Gasteiger partial charge >= 0.3 is 0 Å². The lowest BCUT2D eigenvalue weighted by Gasteiger charge is -2.06. The molecule has 0 radical (unpaired) electrons. The monoisotopic (exact) mass is 301 g/mol. The third-order valence-corrected chi connectivity index (χ3v) is 5.04. The minimum Gasteiger partial charge on any atom is -0.397 e. The smallest absolute Gasteiger partial charge is 0.266 e. The molecule has 0 saturated heterocycles. The Morgan fingerprint density at radius 2 is 2.10 bits per heavy atom. The van der Waals surface area contributed by atoms with Gasteiger partial charge in [0.1, 0.15) is 5.82 Å². The maximum Gasteiger partial charge on any atom is 0.266 e. The van der Waals surface area contributed by atoms with E-state index in [-0.39, 0.29) is 5.91 Å². The minimum atomic E-state index is -0.0755. The normalized spacial score (nSPS) is 14.3. The molecule has 0 fully saturated rings. The largest absolute Gasteiger partial charge is 0.397 e. The molecule has 0 saturated carbocycles. The SMILES string of the molecule is Cc1cc(N)cnc1NC(=O)c1cc2c(s1)CCCCC2. The number of aryl methyl sites for hydroxylation is 3. The predicted molar refractivity (Wildman–Crippen MR) is 86.9 cm³/mol. The van der Waals surface area contributed by atoms with Crippen LogP contribution in [0.2, 0.25) is 0 Å². The second kappa shape index (κ2) is 5.85. The quantitative estimate of drug-likeness (QED) is 0.833. The van der Waals surface area contributed by atoms with E-state index in [9.17, 15) is 4.79 Å². The van der Waals surface area contributed by atoms with Crippen molar-refractivity contribution in [2.75, 3.05) is 11.1 Å². The highest BCUT2D eigenvalue weighted by atomic mass is 32.1. The molecule has 3 rings (SSSR count). The Balaban J connectivity index is 1.79. The van der Waals surface area contributed by atoms with Crippen LogP contribution in [0.25, 0.3) is 0 Å². The average molecular weight is 301 g/mol. The van der Waals surface area contributed by atoms with E-state index in [4.69, 9.17) is 5.73 Å². The van der Waals surface area contributed by atoms with Crippen molar-refractivity contribution in [1.82, 2.24) is 4.98 Å². The molecule has 3 N–H and O–H groups in total. The number of nitrogens with one attached hydrogen (secondary N) is 1. The van der Waals surface area contributed by atoms with Crippen molar-refractivity contribution < 1.29 is 4.79 Å². The van der Waals surface area contributed by atoms with Gasteiger partial charge in [0.05, 0.1) is 16.8 Å². The fourth-order valence-electron chi connectivity index (χ4n) is 2.68. The molecule has 2 aromatic heterocycles. The van der Waals surface area contributed by atoms with E-state index in [1.807, 2.05) is 19.1 Å². The van der Waals surface area contributed by atoms with E-state index in [0.717, 1.165) is 23.3 Å². The van der Waals surface area contributed by atoms with Crippen molar-refractivity contribution in [2.45, 2.75) is 39.0 Å². The fourth-order valence-corrected chi connectivity index (χ4v) is 3.82. The number of nitrogen functional groups attached to an aromatic ring is 1. The van der Waals surface area contributed by atoms with Gasteiger partial charge in [0.2, 0.25) is 0 Å². The second-order valence-electron chi connectivity index (χ2n) is 5.51. The number of amides is 1. The Morgan fingerprint density at radius 3 is 2.90 bits per heavy atom. The lowest BCUT2D eigenvalue weighted by molar-refractivity contribution is 0.103. The standard InChI is InChI=1S/C16H19N3OS/c1-10-7-12(17)9-18-15(10)19-16(20)14-8-11-5-3-2-4-6-13(11)21-14/h7-9H,2-6,17H2,1H3,(H,18,19,20). The molecule has 2 heterocycles. The van der Waals surface area contributed by atoms with Crippen LogP contribution in [-0.2, 0) is 12.8 Å². The number of rotatable bonds is 2. The van der Waals surface area contributed by atoms with E-state index in [1.165, 1.54) is 29.7 Å². The lowest BCUT2D eigenvalue weighted by Crippen LogP contribution is -2.12. The first-order chi connectivity index (χ1) is 10.1. The van der Waals surface area contributed by atoms with E-state index < -0.39 is 0 Å². The van der Waals surface area contributed by atoms with Gasteiger partial charge in [0.25, 0.3) is 5.91 Å². The van der Waals surface area contributed by atoms with Crippen LogP contribution in [0.4, 0.5) is 11.5 Å². The Hall–Kier alpha value is -1.88. The summed E-state index contributed by atoms with van der Waals surface area (Å²) in [6, 6.07) is 3.86. The van der Waals surface area contributed by atoms with Gasteiger partial charge in [-0.2, -0.15) is 0 Å². The molecule has 0 unspecified atom stereocenters. The summed E-state index contributed by atoms with van der Waals surface area (Å²) in [7, 11) is 0. The predicted octanol–water partition coefficient (Wildman–Crippen LogP) is 3.55. The zero-order valence-corrected chi connectivity index (χ0v) is 12.9. The molecule has 1 aliphatic carbocycles. The van der Waals surface area contributed by atoms with Gasteiger partial charge in [-0.1, -0.05) is 6.42 Å². The molecule has 4 nitrogen and oxygen atoms in total. The molecule has 1 amide bonds. The number of nitrogens with zero attached hydrogens (tertiary/aromatic N) is 1.